The van der Waals surface area contributed by atoms with Gasteiger partial charge in [0.1, 0.15) is 29.8 Å². The molecule has 0 saturated heterocycles. The van der Waals surface area contributed by atoms with Gasteiger partial charge in [0, 0.05) is 17.7 Å². The fourth-order valence-corrected chi connectivity index (χ4v) is 1.80. The highest BCUT2D eigenvalue weighted by atomic mass is 19.1. The van der Waals surface area contributed by atoms with Gasteiger partial charge in [-0.05, 0) is 36.8 Å². The maximum absolute atomic E-state index is 13.6. The van der Waals surface area contributed by atoms with Crippen LogP contribution in [0, 0.1) is 17.5 Å². The Hall–Kier alpha value is -2.01. The minimum absolute atomic E-state index is 0.0812. The first kappa shape index (κ1) is 14.4. The molecule has 1 N–H and O–H groups in total. The first-order valence-corrected chi connectivity index (χ1v) is 6.01. The lowest BCUT2D eigenvalue weighted by Gasteiger charge is -2.10. The average Bonchev–Trinajstić information content (AvgIpc) is 2.35. The Kier molecular flexibility index (Phi) is 4.29. The number of aliphatic hydroxyl groups is 1. The molecule has 1 unspecified atom stereocenters. The molecule has 0 aromatic heterocycles. The highest BCUT2D eigenvalue weighted by molar-refractivity contribution is 5.30. The summed E-state index contributed by atoms with van der Waals surface area (Å²) in [6.45, 7) is 1.37. The van der Waals surface area contributed by atoms with Crippen molar-refractivity contribution in [1.29, 1.82) is 0 Å². The van der Waals surface area contributed by atoms with Gasteiger partial charge in [-0.15, -0.1) is 0 Å². The smallest absolute Gasteiger partial charge is 0.132 e. The molecule has 0 radical (unpaired) electrons. The van der Waals surface area contributed by atoms with Crippen molar-refractivity contribution in [1.82, 2.24) is 0 Å². The molecule has 0 aliphatic carbocycles. The molecule has 0 aliphatic heterocycles. The number of rotatable bonds is 4. The molecule has 2 aromatic carbocycles. The van der Waals surface area contributed by atoms with E-state index in [1.165, 1.54) is 19.1 Å². The Morgan fingerprint density at radius 1 is 1.05 bits per heavy atom. The second kappa shape index (κ2) is 5.96. The second-order valence-electron chi connectivity index (χ2n) is 4.43. The van der Waals surface area contributed by atoms with E-state index in [4.69, 9.17) is 4.74 Å². The summed E-state index contributed by atoms with van der Waals surface area (Å²) in [6.07, 6.45) is -0.915. The molecule has 1 atom stereocenters. The van der Waals surface area contributed by atoms with E-state index in [9.17, 15) is 18.3 Å². The van der Waals surface area contributed by atoms with E-state index in [1.54, 1.807) is 0 Å². The van der Waals surface area contributed by atoms with Crippen molar-refractivity contribution >= 4 is 0 Å². The molecule has 5 heteroatoms. The zero-order valence-corrected chi connectivity index (χ0v) is 10.7. The van der Waals surface area contributed by atoms with Crippen LogP contribution in [0.5, 0.6) is 5.75 Å². The van der Waals surface area contributed by atoms with Gasteiger partial charge in [0.25, 0.3) is 0 Å². The summed E-state index contributed by atoms with van der Waals surface area (Å²) in [5.41, 5.74) is 0.469. The van der Waals surface area contributed by atoms with Crippen molar-refractivity contribution in [3.63, 3.8) is 0 Å². The van der Waals surface area contributed by atoms with Gasteiger partial charge < -0.3 is 9.84 Å². The van der Waals surface area contributed by atoms with Crippen LogP contribution in [0.3, 0.4) is 0 Å². The molecule has 0 amide bonds. The first-order valence-electron chi connectivity index (χ1n) is 6.01. The van der Waals surface area contributed by atoms with Crippen LogP contribution in [0.2, 0.25) is 0 Å². The second-order valence-corrected chi connectivity index (χ2v) is 4.43. The van der Waals surface area contributed by atoms with Gasteiger partial charge >= 0.3 is 0 Å². The summed E-state index contributed by atoms with van der Waals surface area (Å²) in [7, 11) is 0. The van der Waals surface area contributed by atoms with Crippen LogP contribution < -0.4 is 4.74 Å². The summed E-state index contributed by atoms with van der Waals surface area (Å²) in [6, 6.07) is 7.06. The van der Waals surface area contributed by atoms with Crippen molar-refractivity contribution in [3.05, 3.63) is 65.0 Å². The van der Waals surface area contributed by atoms with Crippen molar-refractivity contribution in [3.8, 4) is 5.75 Å². The fraction of sp³-hybridized carbons (Fsp3) is 0.200. The molecule has 20 heavy (non-hydrogen) atoms. The molecule has 2 aromatic rings. The van der Waals surface area contributed by atoms with E-state index in [1.807, 2.05) is 0 Å². The summed E-state index contributed by atoms with van der Waals surface area (Å²) >= 11 is 0. The molecule has 106 valence electrons. The van der Waals surface area contributed by atoms with Gasteiger partial charge in [-0.25, -0.2) is 13.2 Å². The van der Waals surface area contributed by atoms with Crippen LogP contribution in [-0.2, 0) is 6.61 Å². The maximum atomic E-state index is 13.6. The average molecular weight is 282 g/mol. The molecule has 0 spiro atoms. The fourth-order valence-electron chi connectivity index (χ4n) is 1.80. The standard InChI is InChI=1S/C15H13F3O2/c1-9(19)14-3-2-13(7-15(14)18)20-8-10-4-11(16)6-12(17)5-10/h2-7,9,19H,8H2,1H3. The molecule has 2 rings (SSSR count). The third-order valence-corrected chi connectivity index (χ3v) is 2.75. The van der Waals surface area contributed by atoms with E-state index in [-0.39, 0.29) is 17.9 Å². The van der Waals surface area contributed by atoms with Gasteiger partial charge in [-0.1, -0.05) is 0 Å². The molecular formula is C15H13F3O2. The Morgan fingerprint density at radius 2 is 1.70 bits per heavy atom. The third kappa shape index (κ3) is 3.51. The number of aliphatic hydroxyl groups excluding tert-OH is 1. The molecule has 0 aliphatic rings. The van der Waals surface area contributed by atoms with E-state index < -0.39 is 23.6 Å². The van der Waals surface area contributed by atoms with Crippen molar-refractivity contribution in [2.45, 2.75) is 19.6 Å². The zero-order chi connectivity index (χ0) is 14.7. The summed E-state index contributed by atoms with van der Waals surface area (Å²) in [4.78, 5) is 0. The van der Waals surface area contributed by atoms with E-state index in [0.717, 1.165) is 24.3 Å². The van der Waals surface area contributed by atoms with Crippen LogP contribution in [0.4, 0.5) is 13.2 Å². The van der Waals surface area contributed by atoms with Crippen LogP contribution in [-0.4, -0.2) is 5.11 Å². The van der Waals surface area contributed by atoms with Crippen LogP contribution in [0.1, 0.15) is 24.2 Å². The molecule has 0 heterocycles. The summed E-state index contributed by atoms with van der Waals surface area (Å²) in [5, 5.41) is 9.30. The van der Waals surface area contributed by atoms with E-state index >= 15 is 0 Å². The van der Waals surface area contributed by atoms with Gasteiger partial charge in [0.15, 0.2) is 0 Å². The van der Waals surface area contributed by atoms with Crippen LogP contribution in [0.15, 0.2) is 36.4 Å². The van der Waals surface area contributed by atoms with Crippen LogP contribution >= 0.6 is 0 Å². The SMILES string of the molecule is CC(O)c1ccc(OCc2cc(F)cc(F)c2)cc1F. The predicted molar refractivity (Wildman–Crippen MR) is 67.7 cm³/mol. The quantitative estimate of drug-likeness (QED) is 0.925. The number of benzene rings is 2. The Labute approximate surface area is 114 Å². The zero-order valence-electron chi connectivity index (χ0n) is 10.7. The van der Waals surface area contributed by atoms with E-state index in [2.05, 4.69) is 0 Å². The monoisotopic (exact) mass is 282 g/mol. The Balaban J connectivity index is 2.09. The lowest BCUT2D eigenvalue weighted by molar-refractivity contribution is 0.194. The highest BCUT2D eigenvalue weighted by Crippen LogP contribution is 2.22. The molecule has 0 bridgehead atoms. The number of ether oxygens (including phenoxy) is 1. The predicted octanol–water partition coefficient (Wildman–Crippen LogP) is 3.74. The molecule has 0 saturated carbocycles. The Bertz CT molecular complexity index is 592. The van der Waals surface area contributed by atoms with Crippen LogP contribution in [0.25, 0.3) is 0 Å². The van der Waals surface area contributed by atoms with Gasteiger partial charge in [0.05, 0.1) is 6.10 Å². The van der Waals surface area contributed by atoms with Gasteiger partial charge in [-0.3, -0.25) is 0 Å². The largest absolute Gasteiger partial charge is 0.489 e. The maximum Gasteiger partial charge on any atom is 0.132 e. The topological polar surface area (TPSA) is 29.5 Å². The molecule has 0 fully saturated rings. The van der Waals surface area contributed by atoms with E-state index in [0.29, 0.717) is 5.56 Å². The number of halogens is 3. The number of hydrogen-bond acceptors (Lipinski definition) is 2. The van der Waals surface area contributed by atoms with Crippen molar-refractivity contribution in [2.24, 2.45) is 0 Å². The minimum Gasteiger partial charge on any atom is -0.489 e. The summed E-state index contributed by atoms with van der Waals surface area (Å²) < 4.78 is 44.8. The molecular weight excluding hydrogens is 269 g/mol. The number of hydrogen-bond donors (Lipinski definition) is 1. The van der Waals surface area contributed by atoms with Crippen molar-refractivity contribution in [2.75, 3.05) is 0 Å². The third-order valence-electron chi connectivity index (χ3n) is 2.75. The highest BCUT2D eigenvalue weighted by Gasteiger charge is 2.09. The lowest BCUT2D eigenvalue weighted by Crippen LogP contribution is -2.00. The normalized spacial score (nSPS) is 12.2. The summed E-state index contributed by atoms with van der Waals surface area (Å²) in [5.74, 6) is -1.77. The lowest BCUT2D eigenvalue weighted by atomic mass is 10.1. The Morgan fingerprint density at radius 3 is 2.25 bits per heavy atom. The molecule has 2 nitrogen and oxygen atoms in total. The first-order chi connectivity index (χ1) is 9.45. The van der Waals surface area contributed by atoms with Crippen molar-refractivity contribution < 1.29 is 23.0 Å². The van der Waals surface area contributed by atoms with Gasteiger partial charge in [0.2, 0.25) is 0 Å². The minimum atomic E-state index is -0.915. The van der Waals surface area contributed by atoms with Gasteiger partial charge in [-0.2, -0.15) is 0 Å².